The van der Waals surface area contributed by atoms with Crippen molar-refractivity contribution in [2.24, 2.45) is 11.8 Å². The van der Waals surface area contributed by atoms with Gasteiger partial charge in [-0.15, -0.1) is 0 Å². The topological polar surface area (TPSA) is 52.6 Å². The largest absolute Gasteiger partial charge is 0.396 e. The Labute approximate surface area is 117 Å². The molecule has 0 bridgehead atoms. The van der Waals surface area contributed by atoms with Crippen LogP contribution in [-0.2, 0) is 4.79 Å². The van der Waals surface area contributed by atoms with Gasteiger partial charge in [0.1, 0.15) is 0 Å². The zero-order chi connectivity index (χ0) is 14.3. The first-order valence-electron chi connectivity index (χ1n) is 7.68. The summed E-state index contributed by atoms with van der Waals surface area (Å²) in [5, 5.41) is 12.7. The van der Waals surface area contributed by atoms with Crippen molar-refractivity contribution in [1.29, 1.82) is 0 Å². The van der Waals surface area contributed by atoms with E-state index in [4.69, 9.17) is 5.11 Å². The first-order chi connectivity index (χ1) is 9.06. The molecule has 4 nitrogen and oxygen atoms in total. The number of nitrogens with one attached hydrogen (secondary N) is 1. The molecule has 0 spiro atoms. The molecule has 0 aromatic heterocycles. The average molecular weight is 270 g/mol. The van der Waals surface area contributed by atoms with Crippen LogP contribution in [0.2, 0.25) is 0 Å². The first kappa shape index (κ1) is 16.4. The van der Waals surface area contributed by atoms with Crippen LogP contribution < -0.4 is 5.32 Å². The van der Waals surface area contributed by atoms with Crippen LogP contribution in [-0.4, -0.2) is 48.2 Å². The summed E-state index contributed by atoms with van der Waals surface area (Å²) in [7, 11) is 0. The van der Waals surface area contributed by atoms with Gasteiger partial charge in [-0.2, -0.15) is 0 Å². The molecule has 1 heterocycles. The third kappa shape index (κ3) is 5.91. The molecule has 2 atom stereocenters. The lowest BCUT2D eigenvalue weighted by Crippen LogP contribution is -2.52. The molecule has 1 rings (SSSR count). The summed E-state index contributed by atoms with van der Waals surface area (Å²) in [6.45, 7) is 9.29. The molecule has 19 heavy (non-hydrogen) atoms. The van der Waals surface area contributed by atoms with Crippen molar-refractivity contribution in [3.8, 4) is 0 Å². The fourth-order valence-corrected chi connectivity index (χ4v) is 2.72. The number of amides is 1. The van der Waals surface area contributed by atoms with E-state index in [-0.39, 0.29) is 12.5 Å². The maximum absolute atomic E-state index is 12.1. The lowest BCUT2D eigenvalue weighted by Gasteiger charge is -2.38. The molecule has 1 saturated heterocycles. The number of aliphatic hydroxyl groups excluding tert-OH is 1. The smallest absolute Gasteiger partial charge is 0.222 e. The molecule has 1 aliphatic heterocycles. The van der Waals surface area contributed by atoms with Gasteiger partial charge in [0.15, 0.2) is 0 Å². The summed E-state index contributed by atoms with van der Waals surface area (Å²) < 4.78 is 0. The monoisotopic (exact) mass is 270 g/mol. The summed E-state index contributed by atoms with van der Waals surface area (Å²) in [6, 6.07) is 0.383. The molecule has 0 aromatic rings. The van der Waals surface area contributed by atoms with Crippen molar-refractivity contribution < 1.29 is 9.90 Å². The fraction of sp³-hybridized carbons (Fsp3) is 0.933. The van der Waals surface area contributed by atoms with E-state index in [2.05, 4.69) is 19.2 Å². The lowest BCUT2D eigenvalue weighted by atomic mass is 9.91. The molecule has 0 saturated carbocycles. The molecule has 0 radical (unpaired) electrons. The highest BCUT2D eigenvalue weighted by Crippen LogP contribution is 2.21. The van der Waals surface area contributed by atoms with E-state index in [1.807, 2.05) is 11.8 Å². The summed E-state index contributed by atoms with van der Waals surface area (Å²) in [4.78, 5) is 14.1. The van der Waals surface area contributed by atoms with Gasteiger partial charge < -0.3 is 15.3 Å². The molecule has 2 N–H and O–H groups in total. The normalized spacial score (nSPS) is 23.9. The average Bonchev–Trinajstić information content (AvgIpc) is 2.37. The standard InChI is InChI=1S/C15H30N2O2/c1-4-5-15(19)17-10-13(6-7-18)8-14(11-17)16-9-12(2)3/h12-14,16,18H,4-11H2,1-3H3. The highest BCUT2D eigenvalue weighted by Gasteiger charge is 2.29. The van der Waals surface area contributed by atoms with Crippen molar-refractivity contribution in [2.45, 2.75) is 52.5 Å². The molecule has 1 amide bonds. The number of hydrogen-bond acceptors (Lipinski definition) is 3. The van der Waals surface area contributed by atoms with Gasteiger partial charge in [0.2, 0.25) is 5.91 Å². The van der Waals surface area contributed by atoms with Crippen molar-refractivity contribution in [3.63, 3.8) is 0 Å². The molecular formula is C15H30N2O2. The molecule has 112 valence electrons. The summed E-state index contributed by atoms with van der Waals surface area (Å²) in [5.41, 5.74) is 0. The van der Waals surface area contributed by atoms with Crippen LogP contribution in [0.25, 0.3) is 0 Å². The van der Waals surface area contributed by atoms with Gasteiger partial charge in [-0.05, 0) is 37.6 Å². The van der Waals surface area contributed by atoms with E-state index in [0.29, 0.717) is 24.3 Å². The predicted molar refractivity (Wildman–Crippen MR) is 77.9 cm³/mol. The van der Waals surface area contributed by atoms with Crippen LogP contribution in [0.5, 0.6) is 0 Å². The van der Waals surface area contributed by atoms with Crippen LogP contribution in [0.4, 0.5) is 0 Å². The van der Waals surface area contributed by atoms with E-state index in [1.165, 1.54) is 0 Å². The van der Waals surface area contributed by atoms with Gasteiger partial charge in [0, 0.05) is 32.2 Å². The Balaban J connectivity index is 2.54. The van der Waals surface area contributed by atoms with E-state index < -0.39 is 0 Å². The Morgan fingerprint density at radius 3 is 2.74 bits per heavy atom. The highest BCUT2D eigenvalue weighted by atomic mass is 16.3. The van der Waals surface area contributed by atoms with E-state index in [0.717, 1.165) is 38.9 Å². The fourth-order valence-electron chi connectivity index (χ4n) is 2.72. The summed E-state index contributed by atoms with van der Waals surface area (Å²) >= 11 is 0. The van der Waals surface area contributed by atoms with Crippen LogP contribution in [0.1, 0.15) is 46.5 Å². The predicted octanol–water partition coefficient (Wildman–Crippen LogP) is 1.63. The minimum Gasteiger partial charge on any atom is -0.396 e. The number of likely N-dealkylation sites (tertiary alicyclic amines) is 1. The number of hydrogen-bond donors (Lipinski definition) is 2. The summed E-state index contributed by atoms with van der Waals surface area (Å²) in [5.74, 6) is 1.32. The number of piperidine rings is 1. The Hall–Kier alpha value is -0.610. The zero-order valence-electron chi connectivity index (χ0n) is 12.7. The van der Waals surface area contributed by atoms with Gasteiger partial charge >= 0.3 is 0 Å². The van der Waals surface area contributed by atoms with Gasteiger partial charge in [-0.3, -0.25) is 4.79 Å². The molecule has 1 fully saturated rings. The second-order valence-electron chi connectivity index (χ2n) is 6.16. The Morgan fingerprint density at radius 1 is 1.42 bits per heavy atom. The number of nitrogens with zero attached hydrogens (tertiary/aromatic N) is 1. The van der Waals surface area contributed by atoms with Crippen LogP contribution in [0.3, 0.4) is 0 Å². The maximum atomic E-state index is 12.1. The third-order valence-corrected chi connectivity index (χ3v) is 3.71. The molecule has 1 aliphatic rings. The van der Waals surface area contributed by atoms with E-state index in [1.54, 1.807) is 0 Å². The minimum absolute atomic E-state index is 0.220. The SMILES string of the molecule is CCCC(=O)N1CC(CCO)CC(NCC(C)C)C1. The maximum Gasteiger partial charge on any atom is 0.222 e. The molecule has 2 unspecified atom stereocenters. The van der Waals surface area contributed by atoms with Gasteiger partial charge in [-0.1, -0.05) is 20.8 Å². The molecule has 0 aromatic carbocycles. The van der Waals surface area contributed by atoms with Crippen LogP contribution >= 0.6 is 0 Å². The zero-order valence-corrected chi connectivity index (χ0v) is 12.7. The Morgan fingerprint density at radius 2 is 2.16 bits per heavy atom. The quantitative estimate of drug-likeness (QED) is 0.739. The van der Waals surface area contributed by atoms with Crippen LogP contribution in [0.15, 0.2) is 0 Å². The highest BCUT2D eigenvalue weighted by molar-refractivity contribution is 5.76. The van der Waals surface area contributed by atoms with Crippen molar-refractivity contribution in [1.82, 2.24) is 10.2 Å². The molecule has 0 aliphatic carbocycles. The van der Waals surface area contributed by atoms with Gasteiger partial charge in [0.05, 0.1) is 0 Å². The molecular weight excluding hydrogens is 240 g/mol. The van der Waals surface area contributed by atoms with E-state index in [9.17, 15) is 4.79 Å². The lowest BCUT2D eigenvalue weighted by molar-refractivity contribution is -0.133. The number of carbonyl (C=O) groups excluding carboxylic acids is 1. The Kier molecular flexibility index (Phi) is 7.39. The summed E-state index contributed by atoms with van der Waals surface area (Å²) in [6.07, 6.45) is 3.42. The second-order valence-corrected chi connectivity index (χ2v) is 6.16. The number of aliphatic hydroxyl groups is 1. The van der Waals surface area contributed by atoms with Crippen molar-refractivity contribution in [2.75, 3.05) is 26.2 Å². The number of carbonyl (C=O) groups is 1. The van der Waals surface area contributed by atoms with E-state index >= 15 is 0 Å². The van der Waals surface area contributed by atoms with Crippen molar-refractivity contribution >= 4 is 5.91 Å². The van der Waals surface area contributed by atoms with Gasteiger partial charge in [0.25, 0.3) is 0 Å². The minimum atomic E-state index is 0.220. The Bertz CT molecular complexity index is 269. The first-order valence-corrected chi connectivity index (χ1v) is 7.68. The molecule has 4 heteroatoms. The van der Waals surface area contributed by atoms with Crippen molar-refractivity contribution in [3.05, 3.63) is 0 Å². The second kappa shape index (κ2) is 8.54. The third-order valence-electron chi connectivity index (χ3n) is 3.71. The van der Waals surface area contributed by atoms with Crippen LogP contribution in [0, 0.1) is 11.8 Å². The van der Waals surface area contributed by atoms with Gasteiger partial charge in [-0.25, -0.2) is 0 Å². The number of rotatable bonds is 7.